The fourth-order valence-electron chi connectivity index (χ4n) is 1.58. The monoisotopic (exact) mass is 405 g/mol. The highest BCUT2D eigenvalue weighted by Gasteiger charge is 2.10. The van der Waals surface area contributed by atoms with Crippen molar-refractivity contribution >= 4 is 64.1 Å². The molecule has 2 rings (SSSR count). The van der Waals surface area contributed by atoms with Gasteiger partial charge in [0.25, 0.3) is 0 Å². The lowest BCUT2D eigenvalue weighted by Crippen LogP contribution is -1.97. The first kappa shape index (κ1) is 20.5. The zero-order valence-corrected chi connectivity index (χ0v) is 15.6. The fraction of sp³-hybridized carbons (Fsp3) is 0.125. The molecule has 0 radical (unpaired) electrons. The Morgan fingerprint density at radius 2 is 1.42 bits per heavy atom. The summed E-state index contributed by atoms with van der Waals surface area (Å²) in [6, 6.07) is 6.07. The number of halogens is 4. The average molecular weight is 407 g/mol. The number of isocyanates is 1. The van der Waals surface area contributed by atoms with Crippen molar-refractivity contribution < 1.29 is 14.7 Å². The van der Waals surface area contributed by atoms with Crippen LogP contribution >= 0.6 is 46.4 Å². The Morgan fingerprint density at radius 3 is 1.92 bits per heavy atom. The molecular weight excluding hydrogens is 396 g/mol. The van der Waals surface area contributed by atoms with Crippen LogP contribution < -0.4 is 0 Å². The third-order valence-electron chi connectivity index (χ3n) is 2.87. The Bertz CT molecular complexity index is 775. The van der Waals surface area contributed by atoms with Crippen LogP contribution in [0.2, 0.25) is 20.1 Å². The number of aliphatic imine (C=N–C) groups is 1. The first-order valence-electron chi connectivity index (χ1n) is 6.39. The highest BCUT2D eigenvalue weighted by atomic mass is 35.5. The maximum absolute atomic E-state index is 10.5. The normalized spacial score (nSPS) is 9.58. The SMILES string of the molecule is Cc1cc(Cl)c(C(=O)O)cc1Cl.Cc1cc(Cl)c(N=C=O)cc1Cl. The van der Waals surface area contributed by atoms with Gasteiger partial charge in [0.2, 0.25) is 6.08 Å². The number of rotatable bonds is 2. The Morgan fingerprint density at radius 1 is 0.917 bits per heavy atom. The van der Waals surface area contributed by atoms with Crippen molar-refractivity contribution in [2.45, 2.75) is 13.8 Å². The van der Waals surface area contributed by atoms with E-state index in [-0.39, 0.29) is 10.6 Å². The number of benzene rings is 2. The number of carboxylic acid groups (broad SMARTS) is 1. The molecule has 0 amide bonds. The average Bonchev–Trinajstić information content (AvgIpc) is 2.49. The number of hydrogen-bond donors (Lipinski definition) is 1. The summed E-state index contributed by atoms with van der Waals surface area (Å²) in [5.41, 5.74) is 2.01. The van der Waals surface area contributed by atoms with Crippen molar-refractivity contribution in [1.29, 1.82) is 0 Å². The van der Waals surface area contributed by atoms with Crippen molar-refractivity contribution in [1.82, 2.24) is 0 Å². The van der Waals surface area contributed by atoms with Gasteiger partial charge in [0.05, 0.1) is 21.3 Å². The van der Waals surface area contributed by atoms with Crippen LogP contribution in [0.15, 0.2) is 29.3 Å². The third kappa shape index (κ3) is 5.52. The number of aryl methyl sites for hydroxylation is 2. The van der Waals surface area contributed by atoms with Crippen LogP contribution in [-0.4, -0.2) is 17.2 Å². The highest BCUT2D eigenvalue weighted by molar-refractivity contribution is 6.36. The Kier molecular flexibility index (Phi) is 7.74. The summed E-state index contributed by atoms with van der Waals surface area (Å²) >= 11 is 22.9. The molecule has 0 aliphatic rings. The highest BCUT2D eigenvalue weighted by Crippen LogP contribution is 2.30. The van der Waals surface area contributed by atoms with Gasteiger partial charge in [-0.3, -0.25) is 0 Å². The lowest BCUT2D eigenvalue weighted by atomic mass is 10.1. The van der Waals surface area contributed by atoms with Gasteiger partial charge in [-0.1, -0.05) is 46.4 Å². The van der Waals surface area contributed by atoms with Crippen LogP contribution in [0, 0.1) is 13.8 Å². The molecule has 0 atom stereocenters. The van der Waals surface area contributed by atoms with Crippen molar-refractivity contribution in [2.75, 3.05) is 0 Å². The summed E-state index contributed by atoms with van der Waals surface area (Å²) in [6.07, 6.45) is 1.40. The van der Waals surface area contributed by atoms with Crippen LogP contribution in [0.25, 0.3) is 0 Å². The van der Waals surface area contributed by atoms with Gasteiger partial charge in [0.15, 0.2) is 0 Å². The predicted molar refractivity (Wildman–Crippen MR) is 97.1 cm³/mol. The second-order valence-electron chi connectivity index (χ2n) is 4.64. The molecule has 2 aromatic carbocycles. The van der Waals surface area contributed by atoms with E-state index >= 15 is 0 Å². The van der Waals surface area contributed by atoms with Crippen LogP contribution in [0.4, 0.5) is 5.69 Å². The molecule has 2 aromatic rings. The molecule has 8 heteroatoms. The van der Waals surface area contributed by atoms with Crippen LogP contribution in [0.5, 0.6) is 0 Å². The topological polar surface area (TPSA) is 66.7 Å². The maximum atomic E-state index is 10.5. The van der Waals surface area contributed by atoms with E-state index in [1.807, 2.05) is 6.92 Å². The number of hydrogen-bond acceptors (Lipinski definition) is 3. The zero-order valence-electron chi connectivity index (χ0n) is 12.5. The smallest absolute Gasteiger partial charge is 0.337 e. The summed E-state index contributed by atoms with van der Waals surface area (Å²) in [6.45, 7) is 3.59. The molecule has 0 fully saturated rings. The molecule has 0 aliphatic carbocycles. The van der Waals surface area contributed by atoms with Crippen LogP contribution in [0.3, 0.4) is 0 Å². The summed E-state index contributed by atoms with van der Waals surface area (Å²) in [7, 11) is 0. The van der Waals surface area contributed by atoms with E-state index < -0.39 is 5.97 Å². The number of nitrogens with zero attached hydrogens (tertiary/aromatic N) is 1. The summed E-state index contributed by atoms with van der Waals surface area (Å²) in [5, 5.41) is 10.2. The standard InChI is InChI=1S/C8H5Cl2NO.C8H6Cl2O2/c1-5-2-7(10)8(11-4-12)3-6(5)9;1-4-2-7(10)5(8(11)12)3-6(4)9/h2-3H,1H3;2-3H,1H3,(H,11,12). The third-order valence-corrected chi connectivity index (χ3v) is 4.30. The van der Waals surface area contributed by atoms with Gasteiger partial charge in [-0.05, 0) is 49.2 Å². The second-order valence-corrected chi connectivity index (χ2v) is 6.27. The summed E-state index contributed by atoms with van der Waals surface area (Å²) < 4.78 is 0. The van der Waals surface area contributed by atoms with E-state index in [2.05, 4.69) is 4.99 Å². The lowest BCUT2D eigenvalue weighted by molar-refractivity contribution is 0.0697. The van der Waals surface area contributed by atoms with Crippen molar-refractivity contribution in [3.63, 3.8) is 0 Å². The van der Waals surface area contributed by atoms with E-state index in [0.29, 0.717) is 20.8 Å². The van der Waals surface area contributed by atoms with Crippen molar-refractivity contribution in [2.24, 2.45) is 4.99 Å². The molecule has 0 aliphatic heterocycles. The molecule has 0 aromatic heterocycles. The molecule has 0 unspecified atom stereocenters. The predicted octanol–water partition coefficient (Wildman–Crippen LogP) is 6.27. The number of carbonyl (C=O) groups is 1. The molecule has 1 N–H and O–H groups in total. The van der Waals surface area contributed by atoms with Gasteiger partial charge in [-0.25, -0.2) is 9.59 Å². The Labute approximate surface area is 158 Å². The second kappa shape index (κ2) is 9.07. The minimum Gasteiger partial charge on any atom is -0.478 e. The molecule has 24 heavy (non-hydrogen) atoms. The van der Waals surface area contributed by atoms with Crippen LogP contribution in [-0.2, 0) is 4.79 Å². The largest absolute Gasteiger partial charge is 0.478 e. The number of carbonyl (C=O) groups excluding carboxylic acids is 1. The van der Waals surface area contributed by atoms with E-state index in [1.165, 1.54) is 24.3 Å². The molecular formula is C16H11Cl4NO3. The minimum absolute atomic E-state index is 0.0345. The van der Waals surface area contributed by atoms with Gasteiger partial charge in [0, 0.05) is 10.0 Å². The van der Waals surface area contributed by atoms with Crippen molar-refractivity contribution in [3.8, 4) is 0 Å². The van der Waals surface area contributed by atoms with E-state index in [0.717, 1.165) is 11.1 Å². The number of carboxylic acids is 1. The van der Waals surface area contributed by atoms with Crippen LogP contribution in [0.1, 0.15) is 21.5 Å². The molecule has 0 bridgehead atoms. The zero-order chi connectivity index (χ0) is 18.4. The van der Waals surface area contributed by atoms with E-state index in [4.69, 9.17) is 51.5 Å². The number of aromatic carboxylic acids is 1. The Balaban J connectivity index is 0.000000240. The van der Waals surface area contributed by atoms with E-state index in [9.17, 15) is 9.59 Å². The fourth-order valence-corrected chi connectivity index (χ4v) is 2.46. The van der Waals surface area contributed by atoms with Gasteiger partial charge in [-0.2, -0.15) is 4.99 Å². The van der Waals surface area contributed by atoms with Crippen molar-refractivity contribution in [3.05, 3.63) is 61.0 Å². The van der Waals surface area contributed by atoms with Gasteiger partial charge in [0.1, 0.15) is 0 Å². The first-order valence-corrected chi connectivity index (χ1v) is 7.91. The van der Waals surface area contributed by atoms with Gasteiger partial charge in [-0.15, -0.1) is 0 Å². The Hall–Kier alpha value is -1.55. The maximum Gasteiger partial charge on any atom is 0.337 e. The molecule has 0 heterocycles. The van der Waals surface area contributed by atoms with Gasteiger partial charge >= 0.3 is 5.97 Å². The quantitative estimate of drug-likeness (QED) is 0.472. The lowest BCUT2D eigenvalue weighted by Gasteiger charge is -2.01. The molecule has 0 saturated carbocycles. The molecule has 4 nitrogen and oxygen atoms in total. The molecule has 126 valence electrons. The van der Waals surface area contributed by atoms with E-state index in [1.54, 1.807) is 13.0 Å². The van der Waals surface area contributed by atoms with Gasteiger partial charge < -0.3 is 5.11 Å². The minimum atomic E-state index is -1.07. The summed E-state index contributed by atoms with van der Waals surface area (Å²) in [4.78, 5) is 23.9. The first-order chi connectivity index (χ1) is 11.2. The summed E-state index contributed by atoms with van der Waals surface area (Å²) in [5.74, 6) is -1.07. The molecule has 0 spiro atoms. The molecule has 0 saturated heterocycles.